The monoisotopic (exact) mass is 516 g/mol. The lowest BCUT2D eigenvalue weighted by Gasteiger charge is -2.33. The molecule has 0 amide bonds. The number of hydrogen-bond acceptors (Lipinski definition) is 6. The van der Waals surface area contributed by atoms with Crippen LogP contribution in [0.4, 0.5) is 5.95 Å². The van der Waals surface area contributed by atoms with Gasteiger partial charge in [-0.15, -0.1) is 0 Å². The summed E-state index contributed by atoms with van der Waals surface area (Å²) in [5, 5.41) is 6.06. The molecule has 0 N–H and O–H groups in total. The van der Waals surface area contributed by atoms with Crippen LogP contribution >= 0.6 is 23.2 Å². The minimum absolute atomic E-state index is 0.389. The number of anilines is 1. The Morgan fingerprint density at radius 1 is 0.912 bits per heavy atom. The highest BCUT2D eigenvalue weighted by atomic mass is 35.5. The van der Waals surface area contributed by atoms with E-state index in [0.717, 1.165) is 16.7 Å². The summed E-state index contributed by atoms with van der Waals surface area (Å²) >= 11 is 12.7. The third-order valence-electron chi connectivity index (χ3n) is 5.89. The summed E-state index contributed by atoms with van der Waals surface area (Å²) in [6, 6.07) is 15.1. The Morgan fingerprint density at radius 3 is 2.24 bits per heavy atom. The highest BCUT2D eigenvalue weighted by Gasteiger charge is 2.27. The Kier molecular flexibility index (Phi) is 5.97. The highest BCUT2D eigenvalue weighted by molar-refractivity contribution is 7.88. The number of hydrogen-bond donors (Lipinski definition) is 0. The second-order valence-electron chi connectivity index (χ2n) is 8.17. The Labute approximate surface area is 207 Å². The molecule has 34 heavy (non-hydrogen) atoms. The molecule has 0 aliphatic carbocycles. The highest BCUT2D eigenvalue weighted by Crippen LogP contribution is 2.38. The number of nitrogens with zero attached hydrogens (tertiary/aromatic N) is 6. The molecule has 1 fully saturated rings. The molecule has 5 rings (SSSR count). The fourth-order valence-electron chi connectivity index (χ4n) is 4.14. The molecule has 1 aliphatic heterocycles. The van der Waals surface area contributed by atoms with Gasteiger partial charge in [-0.25, -0.2) is 8.42 Å². The van der Waals surface area contributed by atoms with Gasteiger partial charge in [0.15, 0.2) is 5.65 Å². The molecule has 0 saturated carbocycles. The van der Waals surface area contributed by atoms with Crippen LogP contribution in [-0.2, 0) is 10.0 Å². The maximum atomic E-state index is 11.9. The molecule has 11 heteroatoms. The average molecular weight is 517 g/mol. The molecule has 2 aromatic carbocycles. The zero-order valence-corrected chi connectivity index (χ0v) is 20.9. The van der Waals surface area contributed by atoms with Crippen molar-refractivity contribution >= 4 is 44.8 Å². The summed E-state index contributed by atoms with van der Waals surface area (Å²) in [5.41, 5.74) is 3.86. The number of rotatable bonds is 4. The Balaban J connectivity index is 1.66. The predicted molar refractivity (Wildman–Crippen MR) is 135 cm³/mol. The standard InChI is InChI=1S/C23H22Cl2N6O2S/c1-15-26-23(29-11-13-30(14-12-29)34(2,32)33)27-22-20(16-7-9-17(24)10-8-16)21(28-31(15)22)18-5-3-4-6-19(18)25/h3-10H,11-14H2,1-2H3. The molecule has 0 bridgehead atoms. The Bertz CT molecular complexity index is 1480. The summed E-state index contributed by atoms with van der Waals surface area (Å²) in [4.78, 5) is 11.6. The van der Waals surface area contributed by atoms with Gasteiger partial charge in [-0.2, -0.15) is 23.9 Å². The maximum Gasteiger partial charge on any atom is 0.229 e. The van der Waals surface area contributed by atoms with Gasteiger partial charge in [0.25, 0.3) is 0 Å². The van der Waals surface area contributed by atoms with Crippen LogP contribution in [0.25, 0.3) is 28.0 Å². The van der Waals surface area contributed by atoms with E-state index in [0.29, 0.717) is 59.3 Å². The van der Waals surface area contributed by atoms with Crippen molar-refractivity contribution in [1.29, 1.82) is 0 Å². The number of benzene rings is 2. The second kappa shape index (κ2) is 8.81. The first-order valence-corrected chi connectivity index (χ1v) is 13.3. The first-order valence-electron chi connectivity index (χ1n) is 10.7. The van der Waals surface area contributed by atoms with Gasteiger partial charge in [-0.1, -0.05) is 53.5 Å². The number of aryl methyl sites for hydroxylation is 1. The lowest BCUT2D eigenvalue weighted by molar-refractivity contribution is 0.385. The minimum atomic E-state index is -3.22. The van der Waals surface area contributed by atoms with Gasteiger partial charge in [0, 0.05) is 36.8 Å². The number of halogens is 2. The van der Waals surface area contributed by atoms with Crippen LogP contribution in [-0.4, -0.2) is 64.7 Å². The number of piperazine rings is 1. The average Bonchev–Trinajstić information content (AvgIpc) is 3.19. The minimum Gasteiger partial charge on any atom is -0.338 e. The molecule has 2 aromatic heterocycles. The zero-order valence-electron chi connectivity index (χ0n) is 18.6. The van der Waals surface area contributed by atoms with Gasteiger partial charge in [0.1, 0.15) is 11.5 Å². The van der Waals surface area contributed by atoms with E-state index in [1.807, 2.05) is 60.4 Å². The molecule has 3 heterocycles. The van der Waals surface area contributed by atoms with Gasteiger partial charge in [0.2, 0.25) is 16.0 Å². The predicted octanol–water partition coefficient (Wildman–Crippen LogP) is 4.16. The quantitative estimate of drug-likeness (QED) is 0.405. The smallest absolute Gasteiger partial charge is 0.229 e. The lowest BCUT2D eigenvalue weighted by Crippen LogP contribution is -2.49. The van der Waals surface area contributed by atoms with E-state index >= 15 is 0 Å². The normalized spacial score (nSPS) is 15.2. The van der Waals surface area contributed by atoms with Crippen molar-refractivity contribution in [3.63, 3.8) is 0 Å². The van der Waals surface area contributed by atoms with Crippen LogP contribution in [0, 0.1) is 6.92 Å². The molecule has 0 spiro atoms. The maximum absolute atomic E-state index is 11.9. The summed E-state index contributed by atoms with van der Waals surface area (Å²) in [6.07, 6.45) is 1.23. The summed E-state index contributed by atoms with van der Waals surface area (Å²) in [5.74, 6) is 1.21. The fourth-order valence-corrected chi connectivity index (χ4v) is 5.31. The van der Waals surface area contributed by atoms with E-state index < -0.39 is 10.0 Å². The Hall–Kier alpha value is -2.72. The van der Waals surface area contributed by atoms with E-state index in [1.165, 1.54) is 10.6 Å². The van der Waals surface area contributed by atoms with Gasteiger partial charge >= 0.3 is 0 Å². The molecule has 0 radical (unpaired) electrons. The van der Waals surface area contributed by atoms with Crippen LogP contribution in [0.5, 0.6) is 0 Å². The van der Waals surface area contributed by atoms with Gasteiger partial charge < -0.3 is 4.90 Å². The molecule has 8 nitrogen and oxygen atoms in total. The van der Waals surface area contributed by atoms with Crippen molar-refractivity contribution in [2.75, 3.05) is 37.3 Å². The topological polar surface area (TPSA) is 83.7 Å². The molecule has 4 aromatic rings. The van der Waals surface area contributed by atoms with Crippen molar-refractivity contribution in [3.8, 4) is 22.4 Å². The number of aromatic nitrogens is 4. The first kappa shape index (κ1) is 23.0. The van der Waals surface area contributed by atoms with Crippen molar-refractivity contribution in [2.24, 2.45) is 0 Å². The van der Waals surface area contributed by atoms with Crippen LogP contribution in [0.15, 0.2) is 48.5 Å². The number of sulfonamides is 1. The van der Waals surface area contributed by atoms with Crippen LogP contribution in [0.3, 0.4) is 0 Å². The SMILES string of the molecule is Cc1nc(N2CCN(S(C)(=O)=O)CC2)nc2c(-c3ccc(Cl)cc3)c(-c3ccccc3Cl)nn12. The van der Waals surface area contributed by atoms with Gasteiger partial charge in [-0.3, -0.25) is 0 Å². The van der Waals surface area contributed by atoms with Crippen molar-refractivity contribution in [1.82, 2.24) is 23.9 Å². The van der Waals surface area contributed by atoms with Crippen LogP contribution < -0.4 is 4.90 Å². The number of fused-ring (bicyclic) bond motifs is 1. The summed E-state index contributed by atoms with van der Waals surface area (Å²) in [6.45, 7) is 3.66. The molecule has 0 unspecified atom stereocenters. The van der Waals surface area contributed by atoms with E-state index in [1.54, 1.807) is 4.52 Å². The molecule has 0 atom stereocenters. The van der Waals surface area contributed by atoms with Crippen molar-refractivity contribution in [3.05, 3.63) is 64.4 Å². The zero-order chi connectivity index (χ0) is 24.0. The first-order chi connectivity index (χ1) is 16.2. The summed E-state index contributed by atoms with van der Waals surface area (Å²) in [7, 11) is -3.22. The third kappa shape index (κ3) is 4.24. The van der Waals surface area contributed by atoms with E-state index in [4.69, 9.17) is 33.3 Å². The fraction of sp³-hybridized carbons (Fsp3) is 0.261. The molecular formula is C23H22Cl2N6O2S. The molecule has 176 valence electrons. The van der Waals surface area contributed by atoms with Gasteiger partial charge in [-0.05, 0) is 30.7 Å². The lowest BCUT2D eigenvalue weighted by atomic mass is 10.0. The Morgan fingerprint density at radius 2 is 1.59 bits per heavy atom. The molecular weight excluding hydrogens is 495 g/mol. The van der Waals surface area contributed by atoms with Crippen molar-refractivity contribution < 1.29 is 8.42 Å². The third-order valence-corrected chi connectivity index (χ3v) is 7.77. The molecule has 1 aliphatic rings. The molecule has 1 saturated heterocycles. The largest absolute Gasteiger partial charge is 0.338 e. The van der Waals surface area contributed by atoms with E-state index in [9.17, 15) is 8.42 Å². The van der Waals surface area contributed by atoms with Crippen LogP contribution in [0.2, 0.25) is 10.0 Å². The van der Waals surface area contributed by atoms with Gasteiger partial charge in [0.05, 0.1) is 16.8 Å². The van der Waals surface area contributed by atoms with E-state index in [-0.39, 0.29) is 0 Å². The summed E-state index contributed by atoms with van der Waals surface area (Å²) < 4.78 is 27.0. The van der Waals surface area contributed by atoms with E-state index in [2.05, 4.69) is 4.98 Å². The van der Waals surface area contributed by atoms with Crippen molar-refractivity contribution in [2.45, 2.75) is 6.92 Å². The van der Waals surface area contributed by atoms with Crippen LogP contribution in [0.1, 0.15) is 5.82 Å². The second-order valence-corrected chi connectivity index (χ2v) is 11.0.